The number of methoxy groups -OCH3 is 2. The van der Waals surface area contributed by atoms with Crippen molar-refractivity contribution in [2.45, 2.75) is 19.4 Å². The predicted octanol–water partition coefficient (Wildman–Crippen LogP) is 3.53. The van der Waals surface area contributed by atoms with Crippen molar-refractivity contribution in [3.05, 3.63) is 70.8 Å². The van der Waals surface area contributed by atoms with Crippen LogP contribution in [0.1, 0.15) is 12.0 Å². The molecular formula is C27H25N5O5. The molecule has 0 radical (unpaired) electrons. The van der Waals surface area contributed by atoms with E-state index in [0.29, 0.717) is 71.7 Å². The van der Waals surface area contributed by atoms with E-state index < -0.39 is 0 Å². The Hall–Kier alpha value is -4.60. The highest BCUT2D eigenvalue weighted by Gasteiger charge is 2.16. The van der Waals surface area contributed by atoms with Crippen molar-refractivity contribution in [1.29, 1.82) is 0 Å². The Kier molecular flexibility index (Phi) is 5.84. The zero-order chi connectivity index (χ0) is 25.4. The maximum Gasteiger partial charge on any atom is 0.261 e. The molecule has 0 saturated carbocycles. The van der Waals surface area contributed by atoms with E-state index in [1.54, 1.807) is 35.7 Å². The van der Waals surface area contributed by atoms with Crippen molar-refractivity contribution in [2.75, 3.05) is 27.4 Å². The lowest BCUT2D eigenvalue weighted by molar-refractivity contribution is 0.297. The summed E-state index contributed by atoms with van der Waals surface area (Å²) in [7, 11) is 3.21. The third-order valence-electron chi connectivity index (χ3n) is 6.40. The summed E-state index contributed by atoms with van der Waals surface area (Å²) in [5, 5.41) is 5.13. The van der Waals surface area contributed by atoms with E-state index in [0.717, 1.165) is 17.5 Å². The number of pyridine rings is 1. The standard InChI is InChI=1S/C27H25N5O5/c1-34-21-6-4-17(14-23(21)35-2)8-10-31-11-9-20-19(26(31)33)16-28-27-29-25(30-32(20)27)18-5-7-22-24(15-18)37-13-3-12-36-22/h4-7,9,11,14-16H,3,8,10,12-13H2,1-2H3. The van der Waals surface area contributed by atoms with Gasteiger partial charge in [0.05, 0.1) is 38.3 Å². The first-order chi connectivity index (χ1) is 18.1. The SMILES string of the molecule is COc1ccc(CCn2ccc3c(cnc4nc(-c5ccc6c(c5)OCCCO6)nn43)c2=O)cc1OC. The molecule has 1 aliphatic rings. The van der Waals surface area contributed by atoms with Crippen molar-refractivity contribution in [2.24, 2.45) is 0 Å². The molecule has 0 N–H and O–H groups in total. The molecule has 1 aliphatic heterocycles. The summed E-state index contributed by atoms with van der Waals surface area (Å²) in [6.07, 6.45) is 4.82. The Labute approximate surface area is 212 Å². The van der Waals surface area contributed by atoms with Gasteiger partial charge in [-0.15, -0.1) is 5.10 Å². The lowest BCUT2D eigenvalue weighted by Crippen LogP contribution is -2.21. The van der Waals surface area contributed by atoms with Crippen LogP contribution in [0.5, 0.6) is 23.0 Å². The van der Waals surface area contributed by atoms with Gasteiger partial charge in [0.25, 0.3) is 11.3 Å². The van der Waals surface area contributed by atoms with E-state index in [-0.39, 0.29) is 5.56 Å². The maximum atomic E-state index is 13.3. The summed E-state index contributed by atoms with van der Waals surface area (Å²) in [6.45, 7) is 1.72. The van der Waals surface area contributed by atoms with Crippen molar-refractivity contribution in [3.63, 3.8) is 0 Å². The van der Waals surface area contributed by atoms with E-state index in [1.165, 1.54) is 0 Å². The van der Waals surface area contributed by atoms with Crippen LogP contribution in [0, 0.1) is 0 Å². The minimum atomic E-state index is -0.139. The molecule has 37 heavy (non-hydrogen) atoms. The van der Waals surface area contributed by atoms with Gasteiger partial charge in [0, 0.05) is 30.9 Å². The second-order valence-electron chi connectivity index (χ2n) is 8.67. The topological polar surface area (TPSA) is 102 Å². The predicted molar refractivity (Wildman–Crippen MR) is 137 cm³/mol. The minimum Gasteiger partial charge on any atom is -0.493 e. The third-order valence-corrected chi connectivity index (χ3v) is 6.40. The molecule has 188 valence electrons. The third kappa shape index (κ3) is 4.20. The highest BCUT2D eigenvalue weighted by Crippen LogP contribution is 2.33. The summed E-state index contributed by atoms with van der Waals surface area (Å²) >= 11 is 0. The molecule has 0 spiro atoms. The summed E-state index contributed by atoms with van der Waals surface area (Å²) in [5.74, 6) is 3.62. The molecule has 5 aromatic rings. The molecule has 0 bridgehead atoms. The smallest absolute Gasteiger partial charge is 0.261 e. The van der Waals surface area contributed by atoms with Crippen LogP contribution in [-0.4, -0.2) is 51.6 Å². The molecule has 0 atom stereocenters. The van der Waals surface area contributed by atoms with Gasteiger partial charge in [0.2, 0.25) is 0 Å². The van der Waals surface area contributed by atoms with Gasteiger partial charge in [0.1, 0.15) is 0 Å². The summed E-state index contributed by atoms with van der Waals surface area (Å²) < 4.78 is 25.5. The molecule has 0 amide bonds. The van der Waals surface area contributed by atoms with Gasteiger partial charge in [-0.3, -0.25) is 4.79 Å². The van der Waals surface area contributed by atoms with Crippen LogP contribution in [-0.2, 0) is 13.0 Å². The molecule has 2 aromatic carbocycles. The highest BCUT2D eigenvalue weighted by atomic mass is 16.5. The van der Waals surface area contributed by atoms with Gasteiger partial charge in [-0.1, -0.05) is 6.07 Å². The normalized spacial score (nSPS) is 13.0. The van der Waals surface area contributed by atoms with Gasteiger partial charge in [-0.2, -0.15) is 9.50 Å². The zero-order valence-corrected chi connectivity index (χ0v) is 20.5. The number of hydrogen-bond donors (Lipinski definition) is 0. The summed E-state index contributed by atoms with van der Waals surface area (Å²) in [5.41, 5.74) is 2.32. The van der Waals surface area contributed by atoms with Crippen molar-refractivity contribution in [3.8, 4) is 34.4 Å². The average Bonchev–Trinajstić information content (AvgIpc) is 3.24. The van der Waals surface area contributed by atoms with Crippen LogP contribution >= 0.6 is 0 Å². The fourth-order valence-electron chi connectivity index (χ4n) is 4.45. The fourth-order valence-corrected chi connectivity index (χ4v) is 4.45. The Morgan fingerprint density at radius 3 is 2.65 bits per heavy atom. The number of aromatic nitrogens is 5. The van der Waals surface area contributed by atoms with Crippen molar-refractivity contribution >= 4 is 16.7 Å². The number of aryl methyl sites for hydroxylation is 2. The minimum absolute atomic E-state index is 0.139. The maximum absolute atomic E-state index is 13.3. The largest absolute Gasteiger partial charge is 0.493 e. The van der Waals surface area contributed by atoms with E-state index in [1.807, 2.05) is 42.5 Å². The number of fused-ring (bicyclic) bond motifs is 4. The number of benzene rings is 2. The van der Waals surface area contributed by atoms with E-state index >= 15 is 0 Å². The first-order valence-electron chi connectivity index (χ1n) is 12.0. The Bertz CT molecular complexity index is 1680. The lowest BCUT2D eigenvalue weighted by atomic mass is 10.1. The molecule has 0 fully saturated rings. The van der Waals surface area contributed by atoms with E-state index in [9.17, 15) is 4.79 Å². The van der Waals surface area contributed by atoms with Crippen LogP contribution in [0.4, 0.5) is 0 Å². The van der Waals surface area contributed by atoms with E-state index in [2.05, 4.69) is 15.1 Å². The molecule has 10 heteroatoms. The van der Waals surface area contributed by atoms with Crippen LogP contribution in [0.25, 0.3) is 28.1 Å². The van der Waals surface area contributed by atoms with Crippen LogP contribution in [0.15, 0.2) is 59.7 Å². The number of nitrogens with zero attached hydrogens (tertiary/aromatic N) is 5. The highest BCUT2D eigenvalue weighted by molar-refractivity contribution is 5.79. The monoisotopic (exact) mass is 499 g/mol. The van der Waals surface area contributed by atoms with E-state index in [4.69, 9.17) is 18.9 Å². The van der Waals surface area contributed by atoms with Gasteiger partial charge >= 0.3 is 0 Å². The van der Waals surface area contributed by atoms with Crippen molar-refractivity contribution < 1.29 is 18.9 Å². The molecule has 0 aliphatic carbocycles. The molecule has 3 aromatic heterocycles. The number of rotatable bonds is 6. The summed E-state index contributed by atoms with van der Waals surface area (Å²) in [4.78, 5) is 22.3. The van der Waals surface area contributed by atoms with Crippen LogP contribution in [0.3, 0.4) is 0 Å². The molecule has 4 heterocycles. The quantitative estimate of drug-likeness (QED) is 0.350. The average molecular weight is 500 g/mol. The summed E-state index contributed by atoms with van der Waals surface area (Å²) in [6, 6.07) is 13.3. The van der Waals surface area contributed by atoms with Gasteiger partial charge in [-0.25, -0.2) is 4.98 Å². The second kappa shape index (κ2) is 9.45. The zero-order valence-electron chi connectivity index (χ0n) is 20.5. The number of hydrogen-bond acceptors (Lipinski definition) is 8. The molecule has 0 unspecified atom stereocenters. The van der Waals surface area contributed by atoms with Gasteiger partial charge < -0.3 is 23.5 Å². The van der Waals surface area contributed by atoms with Crippen LogP contribution in [0.2, 0.25) is 0 Å². The Balaban J connectivity index is 1.31. The lowest BCUT2D eigenvalue weighted by Gasteiger charge is -2.11. The first-order valence-corrected chi connectivity index (χ1v) is 12.0. The molecule has 10 nitrogen and oxygen atoms in total. The second-order valence-corrected chi connectivity index (χ2v) is 8.67. The van der Waals surface area contributed by atoms with Gasteiger partial charge in [-0.05, 0) is 48.4 Å². The molecular weight excluding hydrogens is 474 g/mol. The fraction of sp³-hybridized carbons (Fsp3) is 0.259. The number of ether oxygens (including phenoxy) is 4. The van der Waals surface area contributed by atoms with Crippen LogP contribution < -0.4 is 24.5 Å². The van der Waals surface area contributed by atoms with Gasteiger partial charge in [0.15, 0.2) is 28.8 Å². The first kappa shape index (κ1) is 22.8. The Morgan fingerprint density at radius 2 is 1.81 bits per heavy atom. The molecule has 0 saturated heterocycles. The van der Waals surface area contributed by atoms with Crippen molar-refractivity contribution in [1.82, 2.24) is 24.1 Å². The Morgan fingerprint density at radius 1 is 0.973 bits per heavy atom. The molecule has 6 rings (SSSR count).